The molecular weight excluding hydrogens is 617 g/mol. The molecule has 0 aliphatic rings. The number of amides is 2. The van der Waals surface area contributed by atoms with Crippen molar-refractivity contribution in [3.63, 3.8) is 0 Å². The number of nitrogens with zero attached hydrogens (tertiary/aromatic N) is 2. The van der Waals surface area contributed by atoms with E-state index in [0.717, 1.165) is 15.4 Å². The number of benzene rings is 4. The number of hydrogen-bond acceptors (Lipinski definition) is 4. The van der Waals surface area contributed by atoms with E-state index in [1.807, 2.05) is 51.1 Å². The number of halogens is 2. The maximum atomic E-state index is 14.4. The molecule has 4 aromatic rings. The van der Waals surface area contributed by atoms with Gasteiger partial charge in [0.05, 0.1) is 10.6 Å². The van der Waals surface area contributed by atoms with Crippen molar-refractivity contribution in [2.24, 2.45) is 0 Å². The first-order chi connectivity index (χ1) is 21.0. The van der Waals surface area contributed by atoms with Crippen LogP contribution in [0.4, 0.5) is 5.69 Å². The molecule has 0 unspecified atom stereocenters. The Labute approximate surface area is 269 Å². The second-order valence-electron chi connectivity index (χ2n) is 10.8. The Morgan fingerprint density at radius 1 is 0.841 bits per heavy atom. The van der Waals surface area contributed by atoms with Crippen LogP contribution in [0, 0.1) is 6.92 Å². The van der Waals surface area contributed by atoms with Gasteiger partial charge in [-0.3, -0.25) is 13.9 Å². The molecule has 0 saturated carbocycles. The van der Waals surface area contributed by atoms with Gasteiger partial charge in [0.2, 0.25) is 11.8 Å². The molecule has 1 N–H and O–H groups in total. The van der Waals surface area contributed by atoms with Crippen LogP contribution in [0.3, 0.4) is 0 Å². The van der Waals surface area contributed by atoms with Crippen molar-refractivity contribution in [1.29, 1.82) is 0 Å². The Morgan fingerprint density at radius 2 is 1.50 bits per heavy atom. The first kappa shape index (κ1) is 33.1. The topological polar surface area (TPSA) is 86.8 Å². The summed E-state index contributed by atoms with van der Waals surface area (Å²) >= 11 is 12.8. The predicted molar refractivity (Wildman–Crippen MR) is 176 cm³/mol. The van der Waals surface area contributed by atoms with Gasteiger partial charge in [-0.05, 0) is 68.3 Å². The highest BCUT2D eigenvalue weighted by molar-refractivity contribution is 7.92. The Morgan fingerprint density at radius 3 is 2.14 bits per heavy atom. The molecule has 0 fully saturated rings. The van der Waals surface area contributed by atoms with Crippen molar-refractivity contribution in [1.82, 2.24) is 10.2 Å². The number of carbonyl (C=O) groups excluding carboxylic acids is 2. The minimum atomic E-state index is -4.22. The third-order valence-corrected chi connectivity index (χ3v) is 9.38. The van der Waals surface area contributed by atoms with E-state index >= 15 is 0 Å². The average molecular weight is 653 g/mol. The second-order valence-corrected chi connectivity index (χ2v) is 13.5. The van der Waals surface area contributed by atoms with Crippen LogP contribution < -0.4 is 9.62 Å². The molecule has 230 valence electrons. The van der Waals surface area contributed by atoms with Crippen LogP contribution in [0.25, 0.3) is 0 Å². The Kier molecular flexibility index (Phi) is 11.1. The van der Waals surface area contributed by atoms with Crippen molar-refractivity contribution >= 4 is 50.7 Å². The van der Waals surface area contributed by atoms with E-state index in [9.17, 15) is 18.0 Å². The van der Waals surface area contributed by atoms with E-state index in [2.05, 4.69) is 5.32 Å². The fraction of sp³-hybridized carbons (Fsp3) is 0.235. The highest BCUT2D eigenvalue weighted by Crippen LogP contribution is 2.28. The molecule has 10 heteroatoms. The van der Waals surface area contributed by atoms with E-state index in [4.69, 9.17) is 23.2 Å². The lowest BCUT2D eigenvalue weighted by Gasteiger charge is -2.34. The molecule has 0 aliphatic carbocycles. The molecular formula is C34H35Cl2N3O4S. The lowest BCUT2D eigenvalue weighted by atomic mass is 10.0. The fourth-order valence-corrected chi connectivity index (χ4v) is 6.53. The van der Waals surface area contributed by atoms with Crippen molar-refractivity contribution in [3.8, 4) is 0 Å². The minimum Gasteiger partial charge on any atom is -0.352 e. The summed E-state index contributed by atoms with van der Waals surface area (Å²) in [6.07, 6.45) is 0.206. The van der Waals surface area contributed by atoms with Gasteiger partial charge in [0.25, 0.3) is 10.0 Å². The van der Waals surface area contributed by atoms with Crippen molar-refractivity contribution < 1.29 is 18.0 Å². The molecule has 0 aliphatic heterocycles. The van der Waals surface area contributed by atoms with Crippen LogP contribution in [-0.4, -0.2) is 43.8 Å². The number of anilines is 1. The van der Waals surface area contributed by atoms with Gasteiger partial charge in [-0.15, -0.1) is 0 Å². The summed E-state index contributed by atoms with van der Waals surface area (Å²) < 4.78 is 29.2. The number of carbonyl (C=O) groups is 2. The van der Waals surface area contributed by atoms with E-state index < -0.39 is 28.5 Å². The summed E-state index contributed by atoms with van der Waals surface area (Å²) in [6, 6.07) is 28.0. The Balaban J connectivity index is 1.82. The number of hydrogen-bond donors (Lipinski definition) is 1. The van der Waals surface area contributed by atoms with Crippen LogP contribution in [0.2, 0.25) is 10.0 Å². The van der Waals surface area contributed by atoms with Crippen LogP contribution in [0.1, 0.15) is 30.5 Å². The summed E-state index contributed by atoms with van der Waals surface area (Å²) in [5, 5.41) is 3.67. The average Bonchev–Trinajstić information content (AvgIpc) is 2.98. The fourth-order valence-electron chi connectivity index (χ4n) is 4.74. The second kappa shape index (κ2) is 14.8. The molecule has 7 nitrogen and oxygen atoms in total. The first-order valence-corrected chi connectivity index (χ1v) is 16.4. The van der Waals surface area contributed by atoms with Crippen LogP contribution in [0.5, 0.6) is 0 Å². The lowest BCUT2D eigenvalue weighted by Crippen LogP contribution is -2.54. The number of sulfonamides is 1. The van der Waals surface area contributed by atoms with Crippen molar-refractivity contribution in [2.75, 3.05) is 10.8 Å². The van der Waals surface area contributed by atoms with Gasteiger partial charge in [0.15, 0.2) is 0 Å². The Hall–Kier alpha value is -3.85. The zero-order chi connectivity index (χ0) is 31.9. The lowest BCUT2D eigenvalue weighted by molar-refractivity contribution is -0.140. The predicted octanol–water partition coefficient (Wildman–Crippen LogP) is 6.66. The molecule has 2 amide bonds. The summed E-state index contributed by atoms with van der Waals surface area (Å²) in [5.74, 6) is -0.944. The van der Waals surface area contributed by atoms with Crippen molar-refractivity contribution in [2.45, 2.75) is 50.7 Å². The van der Waals surface area contributed by atoms with E-state index in [1.165, 1.54) is 23.1 Å². The number of rotatable bonds is 12. The largest absolute Gasteiger partial charge is 0.352 e. The molecule has 4 aromatic carbocycles. The summed E-state index contributed by atoms with van der Waals surface area (Å²) in [7, 11) is -4.22. The Bertz CT molecular complexity index is 1700. The monoisotopic (exact) mass is 651 g/mol. The SMILES string of the molecule is Cc1ccc(S(=O)(=O)N(CC(=O)N(Cc2ccccc2Cl)[C@@H](Cc2ccccc2)C(=O)NC(C)C)c2cccc(Cl)c2)cc1. The number of nitrogens with one attached hydrogen (secondary N) is 1. The third-order valence-electron chi connectivity index (χ3n) is 6.98. The third kappa shape index (κ3) is 8.40. The van der Waals surface area contributed by atoms with E-state index in [-0.39, 0.29) is 35.5 Å². The van der Waals surface area contributed by atoms with Gasteiger partial charge in [-0.25, -0.2) is 8.42 Å². The van der Waals surface area contributed by atoms with Crippen molar-refractivity contribution in [3.05, 3.63) is 130 Å². The van der Waals surface area contributed by atoms with Gasteiger partial charge in [0, 0.05) is 29.1 Å². The molecule has 0 aromatic heterocycles. The van der Waals surface area contributed by atoms with E-state index in [0.29, 0.717) is 15.6 Å². The zero-order valence-corrected chi connectivity index (χ0v) is 27.1. The normalized spacial score (nSPS) is 12.0. The summed E-state index contributed by atoms with van der Waals surface area (Å²) in [6.45, 7) is 4.94. The van der Waals surface area contributed by atoms with Crippen LogP contribution in [0.15, 0.2) is 108 Å². The number of aryl methyl sites for hydroxylation is 1. The van der Waals surface area contributed by atoms with Gasteiger partial charge < -0.3 is 10.2 Å². The molecule has 0 saturated heterocycles. The first-order valence-electron chi connectivity index (χ1n) is 14.2. The van der Waals surface area contributed by atoms with Gasteiger partial charge in [0.1, 0.15) is 12.6 Å². The summed E-state index contributed by atoms with van der Waals surface area (Å²) in [4.78, 5) is 29.6. The molecule has 44 heavy (non-hydrogen) atoms. The van der Waals surface area contributed by atoms with E-state index in [1.54, 1.807) is 54.6 Å². The van der Waals surface area contributed by atoms with Crippen LogP contribution in [-0.2, 0) is 32.6 Å². The molecule has 0 heterocycles. The van der Waals surface area contributed by atoms with Gasteiger partial charge in [-0.1, -0.05) is 95.5 Å². The highest BCUT2D eigenvalue weighted by atomic mass is 35.5. The van der Waals surface area contributed by atoms with Gasteiger partial charge >= 0.3 is 0 Å². The quantitative estimate of drug-likeness (QED) is 0.186. The molecule has 1 atom stereocenters. The minimum absolute atomic E-state index is 0.0184. The smallest absolute Gasteiger partial charge is 0.264 e. The zero-order valence-electron chi connectivity index (χ0n) is 24.8. The maximum Gasteiger partial charge on any atom is 0.264 e. The highest BCUT2D eigenvalue weighted by Gasteiger charge is 2.35. The molecule has 0 radical (unpaired) electrons. The maximum absolute atomic E-state index is 14.4. The summed E-state index contributed by atoms with van der Waals surface area (Å²) in [5.41, 5.74) is 2.57. The molecule has 0 spiro atoms. The molecule has 4 rings (SSSR count). The van der Waals surface area contributed by atoms with Gasteiger partial charge in [-0.2, -0.15) is 0 Å². The standard InChI is InChI=1S/C34H35Cl2N3O4S/c1-24(2)37-34(41)32(20-26-10-5-4-6-11-26)38(22-27-12-7-8-15-31(27)36)33(40)23-39(29-14-9-13-28(35)21-29)44(42,43)30-18-16-25(3)17-19-30/h4-19,21,24,32H,20,22-23H2,1-3H3,(H,37,41)/t32-/m0/s1. The van der Waals surface area contributed by atoms with Crippen LogP contribution >= 0.6 is 23.2 Å². The molecule has 0 bridgehead atoms.